The number of phenols is 1. The second kappa shape index (κ2) is 5.30. The Hall–Kier alpha value is -1.84. The summed E-state index contributed by atoms with van der Waals surface area (Å²) in [6, 6.07) is 3.90. The van der Waals surface area contributed by atoms with Crippen LogP contribution in [-0.4, -0.2) is 22.0 Å². The average Bonchev–Trinajstić information content (AvgIpc) is 2.26. The summed E-state index contributed by atoms with van der Waals surface area (Å²) in [5, 5.41) is 18.0. The molecule has 4 heteroatoms. The minimum absolute atomic E-state index is 0.0932. The molecule has 0 atom stereocenters. The monoisotopic (exact) mass is 222 g/mol. The summed E-state index contributed by atoms with van der Waals surface area (Å²) >= 11 is 0. The van der Waals surface area contributed by atoms with Gasteiger partial charge < -0.3 is 10.2 Å². The van der Waals surface area contributed by atoms with Crippen molar-refractivity contribution in [3.8, 4) is 5.75 Å². The molecule has 4 nitrogen and oxygen atoms in total. The van der Waals surface area contributed by atoms with E-state index < -0.39 is 5.97 Å². The number of benzene rings is 1. The Bertz CT molecular complexity index is 409. The van der Waals surface area contributed by atoms with Crippen LogP contribution in [0.3, 0.4) is 0 Å². The maximum absolute atomic E-state index is 11.6. The van der Waals surface area contributed by atoms with Crippen LogP contribution in [0, 0.1) is 0 Å². The lowest BCUT2D eigenvalue weighted by Crippen LogP contribution is -2.03. The van der Waals surface area contributed by atoms with Crippen molar-refractivity contribution in [2.75, 3.05) is 0 Å². The van der Waals surface area contributed by atoms with Crippen molar-refractivity contribution in [2.45, 2.75) is 26.2 Å². The summed E-state index contributed by atoms with van der Waals surface area (Å²) in [7, 11) is 0. The van der Waals surface area contributed by atoms with Gasteiger partial charge in [-0.1, -0.05) is 13.3 Å². The number of hydrogen-bond donors (Lipinski definition) is 2. The first-order chi connectivity index (χ1) is 7.56. The molecule has 0 aromatic heterocycles. The molecule has 0 spiro atoms. The SMILES string of the molecule is CCCCC(=O)c1ccc(O)c(C(=O)O)c1. The molecular formula is C12H14O4. The van der Waals surface area contributed by atoms with Crippen LogP contribution in [0.5, 0.6) is 5.75 Å². The largest absolute Gasteiger partial charge is 0.507 e. The van der Waals surface area contributed by atoms with Gasteiger partial charge in [-0.2, -0.15) is 0 Å². The standard InChI is InChI=1S/C12H14O4/c1-2-3-4-10(13)8-5-6-11(14)9(7-8)12(15)16/h5-7,14H,2-4H2,1H3,(H,15,16). The van der Waals surface area contributed by atoms with E-state index in [0.29, 0.717) is 12.0 Å². The molecule has 86 valence electrons. The van der Waals surface area contributed by atoms with Crippen LogP contribution in [0.25, 0.3) is 0 Å². The van der Waals surface area contributed by atoms with Crippen molar-refractivity contribution in [3.63, 3.8) is 0 Å². The molecule has 1 aromatic carbocycles. The van der Waals surface area contributed by atoms with E-state index in [4.69, 9.17) is 5.11 Å². The van der Waals surface area contributed by atoms with Crippen LogP contribution in [0.1, 0.15) is 46.9 Å². The molecule has 0 saturated carbocycles. The number of unbranched alkanes of at least 4 members (excludes halogenated alkanes) is 1. The van der Waals surface area contributed by atoms with Gasteiger partial charge in [-0.3, -0.25) is 4.79 Å². The van der Waals surface area contributed by atoms with Crippen molar-refractivity contribution >= 4 is 11.8 Å². The van der Waals surface area contributed by atoms with Crippen LogP contribution in [-0.2, 0) is 0 Å². The van der Waals surface area contributed by atoms with Gasteiger partial charge in [-0.05, 0) is 24.6 Å². The molecule has 0 unspecified atom stereocenters. The fraction of sp³-hybridized carbons (Fsp3) is 0.333. The summed E-state index contributed by atoms with van der Waals surface area (Å²) in [6.45, 7) is 1.98. The second-order valence-corrected chi connectivity index (χ2v) is 3.56. The summed E-state index contributed by atoms with van der Waals surface area (Å²) in [5.41, 5.74) is 0.103. The predicted octanol–water partition coefficient (Wildman–Crippen LogP) is 2.46. The van der Waals surface area contributed by atoms with Gasteiger partial charge in [0.2, 0.25) is 0 Å². The molecule has 0 aliphatic rings. The van der Waals surface area contributed by atoms with Gasteiger partial charge in [0.15, 0.2) is 5.78 Å². The number of aromatic carboxylic acids is 1. The van der Waals surface area contributed by atoms with E-state index in [9.17, 15) is 14.7 Å². The maximum atomic E-state index is 11.6. The highest BCUT2D eigenvalue weighted by molar-refractivity contribution is 5.99. The number of carboxylic acids is 1. The second-order valence-electron chi connectivity index (χ2n) is 3.56. The number of carboxylic acid groups (broad SMARTS) is 1. The molecule has 1 rings (SSSR count). The van der Waals surface area contributed by atoms with Crippen LogP contribution >= 0.6 is 0 Å². The Morgan fingerprint density at radius 1 is 1.31 bits per heavy atom. The molecule has 0 amide bonds. The highest BCUT2D eigenvalue weighted by Gasteiger charge is 2.13. The molecule has 1 aromatic rings. The van der Waals surface area contributed by atoms with Crippen LogP contribution < -0.4 is 0 Å². The quantitative estimate of drug-likeness (QED) is 0.750. The fourth-order valence-corrected chi connectivity index (χ4v) is 1.36. The first-order valence-corrected chi connectivity index (χ1v) is 5.15. The Morgan fingerprint density at radius 3 is 2.56 bits per heavy atom. The molecule has 0 heterocycles. The number of hydrogen-bond acceptors (Lipinski definition) is 3. The topological polar surface area (TPSA) is 74.6 Å². The number of Topliss-reactive ketones (excluding diaryl/α,β-unsaturated/α-hetero) is 1. The van der Waals surface area contributed by atoms with Crippen molar-refractivity contribution in [2.24, 2.45) is 0 Å². The van der Waals surface area contributed by atoms with E-state index in [-0.39, 0.29) is 17.1 Å². The van der Waals surface area contributed by atoms with Gasteiger partial charge in [0.05, 0.1) is 0 Å². The van der Waals surface area contributed by atoms with Crippen LogP contribution in [0.4, 0.5) is 0 Å². The number of rotatable bonds is 5. The van der Waals surface area contributed by atoms with Crippen LogP contribution in [0.2, 0.25) is 0 Å². The van der Waals surface area contributed by atoms with E-state index in [1.807, 2.05) is 6.92 Å². The van der Waals surface area contributed by atoms with Gasteiger partial charge in [0.25, 0.3) is 0 Å². The number of ketones is 1. The maximum Gasteiger partial charge on any atom is 0.339 e. The highest BCUT2D eigenvalue weighted by atomic mass is 16.4. The normalized spacial score (nSPS) is 10.1. The molecule has 0 aliphatic carbocycles. The van der Waals surface area contributed by atoms with Gasteiger partial charge >= 0.3 is 5.97 Å². The zero-order chi connectivity index (χ0) is 12.1. The molecule has 0 fully saturated rings. The van der Waals surface area contributed by atoms with E-state index in [1.165, 1.54) is 18.2 Å². The minimum Gasteiger partial charge on any atom is -0.507 e. The molecular weight excluding hydrogens is 208 g/mol. The van der Waals surface area contributed by atoms with Gasteiger partial charge in [0.1, 0.15) is 11.3 Å². The highest BCUT2D eigenvalue weighted by Crippen LogP contribution is 2.19. The van der Waals surface area contributed by atoms with E-state index in [1.54, 1.807) is 0 Å². The van der Waals surface area contributed by atoms with E-state index in [2.05, 4.69) is 0 Å². The van der Waals surface area contributed by atoms with Gasteiger partial charge in [0, 0.05) is 12.0 Å². The molecule has 0 aliphatic heterocycles. The predicted molar refractivity (Wildman–Crippen MR) is 58.9 cm³/mol. The summed E-state index contributed by atoms with van der Waals surface area (Å²) in [4.78, 5) is 22.4. The fourth-order valence-electron chi connectivity index (χ4n) is 1.36. The first-order valence-electron chi connectivity index (χ1n) is 5.15. The Labute approximate surface area is 93.5 Å². The van der Waals surface area contributed by atoms with E-state index >= 15 is 0 Å². The van der Waals surface area contributed by atoms with Crippen LogP contribution in [0.15, 0.2) is 18.2 Å². The third kappa shape index (κ3) is 2.82. The van der Waals surface area contributed by atoms with Crippen molar-refractivity contribution in [3.05, 3.63) is 29.3 Å². The zero-order valence-corrected chi connectivity index (χ0v) is 9.06. The lowest BCUT2D eigenvalue weighted by atomic mass is 10.0. The third-order valence-electron chi connectivity index (χ3n) is 2.31. The van der Waals surface area contributed by atoms with Crippen molar-refractivity contribution in [1.82, 2.24) is 0 Å². The lowest BCUT2D eigenvalue weighted by molar-refractivity contribution is 0.0693. The van der Waals surface area contributed by atoms with Crippen molar-refractivity contribution in [1.29, 1.82) is 0 Å². The van der Waals surface area contributed by atoms with Gasteiger partial charge in [-0.25, -0.2) is 4.79 Å². The van der Waals surface area contributed by atoms with Crippen molar-refractivity contribution < 1.29 is 19.8 Å². The average molecular weight is 222 g/mol. The number of carbonyl (C=O) groups is 2. The summed E-state index contributed by atoms with van der Waals surface area (Å²) in [6.07, 6.45) is 2.10. The molecule has 0 saturated heterocycles. The lowest BCUT2D eigenvalue weighted by Gasteiger charge is -2.03. The molecule has 0 radical (unpaired) electrons. The van der Waals surface area contributed by atoms with E-state index in [0.717, 1.165) is 12.8 Å². The molecule has 0 bridgehead atoms. The Kier molecular flexibility index (Phi) is 4.05. The molecule has 2 N–H and O–H groups in total. The number of carbonyl (C=O) groups excluding carboxylic acids is 1. The zero-order valence-electron chi connectivity index (χ0n) is 9.06. The van der Waals surface area contributed by atoms with Gasteiger partial charge in [-0.15, -0.1) is 0 Å². The molecule has 16 heavy (non-hydrogen) atoms. The number of aromatic hydroxyl groups is 1. The first kappa shape index (κ1) is 12.2. The Morgan fingerprint density at radius 2 is 2.00 bits per heavy atom. The summed E-state index contributed by atoms with van der Waals surface area (Å²) in [5.74, 6) is -1.65. The third-order valence-corrected chi connectivity index (χ3v) is 2.31. The summed E-state index contributed by atoms with van der Waals surface area (Å²) < 4.78 is 0. The smallest absolute Gasteiger partial charge is 0.339 e. The Balaban J connectivity index is 2.94. The minimum atomic E-state index is -1.23.